The molecule has 0 aromatic rings. The maximum absolute atomic E-state index is 5.42. The summed E-state index contributed by atoms with van der Waals surface area (Å²) in [4.78, 5) is 0. The van der Waals surface area contributed by atoms with Gasteiger partial charge in [0, 0.05) is 18.8 Å². The van der Waals surface area contributed by atoms with Crippen molar-refractivity contribution < 1.29 is 0 Å². The van der Waals surface area contributed by atoms with Crippen LogP contribution in [0.25, 0.3) is 0 Å². The number of hydrogen-bond donors (Lipinski definition) is 2. The fraction of sp³-hybridized carbons (Fsp3) is 0.455. The molecule has 0 unspecified atom stereocenters. The third-order valence-corrected chi connectivity index (χ3v) is 1.56. The van der Waals surface area contributed by atoms with Crippen LogP contribution in [-0.2, 0) is 0 Å². The lowest BCUT2D eigenvalue weighted by atomic mass is 10.2. The van der Waals surface area contributed by atoms with Gasteiger partial charge in [0.15, 0.2) is 0 Å². The highest BCUT2D eigenvalue weighted by atomic mass is 14.8. The Balaban J connectivity index is 3.37. The van der Waals surface area contributed by atoms with Crippen molar-refractivity contribution in [3.05, 3.63) is 36.6 Å². The molecule has 13 heavy (non-hydrogen) atoms. The minimum absolute atomic E-state index is 0.724. The predicted molar refractivity (Wildman–Crippen MR) is 59.4 cm³/mol. The largest absolute Gasteiger partial charge is 0.402 e. The van der Waals surface area contributed by atoms with E-state index in [1.807, 2.05) is 6.08 Å². The van der Waals surface area contributed by atoms with E-state index in [2.05, 4.69) is 31.5 Å². The molecule has 0 atom stereocenters. The first-order chi connectivity index (χ1) is 6.16. The van der Waals surface area contributed by atoms with E-state index in [1.165, 1.54) is 0 Å². The van der Waals surface area contributed by atoms with E-state index >= 15 is 0 Å². The molecule has 0 bridgehead atoms. The Hall–Kier alpha value is -1.02. The van der Waals surface area contributed by atoms with Crippen LogP contribution in [0.15, 0.2) is 36.6 Å². The lowest BCUT2D eigenvalue weighted by molar-refractivity contribution is 0.728. The van der Waals surface area contributed by atoms with Gasteiger partial charge in [-0.1, -0.05) is 32.2 Å². The molecule has 0 aromatic heterocycles. The van der Waals surface area contributed by atoms with Crippen molar-refractivity contribution in [3.8, 4) is 0 Å². The van der Waals surface area contributed by atoms with Gasteiger partial charge in [-0.2, -0.15) is 0 Å². The number of nitrogens with two attached hydrogens (primary N) is 1. The second-order valence-electron chi connectivity index (χ2n) is 3.05. The minimum atomic E-state index is 0.724. The van der Waals surface area contributed by atoms with E-state index < -0.39 is 0 Å². The molecule has 0 aliphatic carbocycles. The van der Waals surface area contributed by atoms with Gasteiger partial charge in [-0.3, -0.25) is 0 Å². The number of hydrogen-bond acceptors (Lipinski definition) is 2. The summed E-state index contributed by atoms with van der Waals surface area (Å²) in [5, 5.41) is 3.23. The molecule has 0 aliphatic heterocycles. The molecule has 0 radical (unpaired) electrons. The Bertz CT molecular complexity index is 192. The molecule has 74 valence electrons. The SMILES string of the molecule is C=C(N)CCNCC(=C)/C=C\CC. The van der Waals surface area contributed by atoms with Crippen LogP contribution in [0.5, 0.6) is 0 Å². The van der Waals surface area contributed by atoms with Gasteiger partial charge in [0.05, 0.1) is 0 Å². The van der Waals surface area contributed by atoms with E-state index in [4.69, 9.17) is 5.73 Å². The van der Waals surface area contributed by atoms with Gasteiger partial charge in [0.25, 0.3) is 0 Å². The van der Waals surface area contributed by atoms with Crippen LogP contribution in [-0.4, -0.2) is 13.1 Å². The van der Waals surface area contributed by atoms with Gasteiger partial charge in [-0.05, 0) is 18.4 Å². The van der Waals surface area contributed by atoms with E-state index in [0.717, 1.165) is 37.2 Å². The molecule has 0 amide bonds. The van der Waals surface area contributed by atoms with Gasteiger partial charge in [-0.15, -0.1) is 0 Å². The summed E-state index contributed by atoms with van der Waals surface area (Å²) in [6.07, 6.45) is 6.03. The number of rotatable bonds is 7. The topological polar surface area (TPSA) is 38.0 Å². The van der Waals surface area contributed by atoms with Gasteiger partial charge in [-0.25, -0.2) is 0 Å². The highest BCUT2D eigenvalue weighted by Gasteiger charge is 1.89. The quantitative estimate of drug-likeness (QED) is 0.464. The average molecular weight is 180 g/mol. The Labute approximate surface area is 81.2 Å². The summed E-state index contributed by atoms with van der Waals surface area (Å²) in [7, 11) is 0. The summed E-state index contributed by atoms with van der Waals surface area (Å²) >= 11 is 0. The van der Waals surface area contributed by atoms with Crippen LogP contribution >= 0.6 is 0 Å². The van der Waals surface area contributed by atoms with E-state index in [1.54, 1.807) is 0 Å². The van der Waals surface area contributed by atoms with Gasteiger partial charge >= 0.3 is 0 Å². The smallest absolute Gasteiger partial charge is 0.0199 e. The molecule has 0 rings (SSSR count). The molecule has 0 saturated heterocycles. The first-order valence-corrected chi connectivity index (χ1v) is 4.65. The fourth-order valence-electron chi connectivity index (χ4n) is 0.841. The summed E-state index contributed by atoms with van der Waals surface area (Å²) in [6, 6.07) is 0. The highest BCUT2D eigenvalue weighted by Crippen LogP contribution is 1.92. The molecule has 0 fully saturated rings. The van der Waals surface area contributed by atoms with Gasteiger partial charge in [0.2, 0.25) is 0 Å². The van der Waals surface area contributed by atoms with Crippen LogP contribution in [0.1, 0.15) is 19.8 Å². The summed E-state index contributed by atoms with van der Waals surface area (Å²) in [5.74, 6) is 0. The van der Waals surface area contributed by atoms with Crippen LogP contribution in [0.3, 0.4) is 0 Å². The molecule has 3 N–H and O–H groups in total. The Morgan fingerprint density at radius 2 is 2.15 bits per heavy atom. The van der Waals surface area contributed by atoms with Crippen molar-refractivity contribution in [1.82, 2.24) is 5.32 Å². The van der Waals surface area contributed by atoms with E-state index in [0.29, 0.717) is 0 Å². The average Bonchev–Trinajstić information content (AvgIpc) is 2.08. The van der Waals surface area contributed by atoms with Crippen LogP contribution in [0.4, 0.5) is 0 Å². The fourth-order valence-corrected chi connectivity index (χ4v) is 0.841. The van der Waals surface area contributed by atoms with E-state index in [9.17, 15) is 0 Å². The van der Waals surface area contributed by atoms with Crippen LogP contribution in [0.2, 0.25) is 0 Å². The highest BCUT2D eigenvalue weighted by molar-refractivity contribution is 5.15. The predicted octanol–water partition coefficient (Wildman–Crippen LogP) is 1.96. The Morgan fingerprint density at radius 1 is 1.46 bits per heavy atom. The van der Waals surface area contributed by atoms with Crippen LogP contribution in [0, 0.1) is 0 Å². The zero-order valence-electron chi connectivity index (χ0n) is 8.47. The van der Waals surface area contributed by atoms with E-state index in [-0.39, 0.29) is 0 Å². The normalized spacial score (nSPS) is 10.5. The second kappa shape index (κ2) is 7.62. The van der Waals surface area contributed by atoms with Crippen molar-refractivity contribution >= 4 is 0 Å². The second-order valence-corrected chi connectivity index (χ2v) is 3.05. The summed E-state index contributed by atoms with van der Waals surface area (Å²) < 4.78 is 0. The third-order valence-electron chi connectivity index (χ3n) is 1.56. The lowest BCUT2D eigenvalue weighted by Gasteiger charge is -2.03. The zero-order chi connectivity index (χ0) is 10.1. The minimum Gasteiger partial charge on any atom is -0.402 e. The van der Waals surface area contributed by atoms with Crippen LogP contribution < -0.4 is 11.1 Å². The molecule has 0 spiro atoms. The number of allylic oxidation sites excluding steroid dienone is 1. The maximum atomic E-state index is 5.42. The molecule has 2 nitrogen and oxygen atoms in total. The summed E-state index contributed by atoms with van der Waals surface area (Å²) in [6.45, 7) is 11.3. The van der Waals surface area contributed by atoms with Crippen molar-refractivity contribution in [3.63, 3.8) is 0 Å². The monoisotopic (exact) mass is 180 g/mol. The van der Waals surface area contributed by atoms with Crippen molar-refractivity contribution in [2.45, 2.75) is 19.8 Å². The molecular weight excluding hydrogens is 160 g/mol. The van der Waals surface area contributed by atoms with Gasteiger partial charge in [0.1, 0.15) is 0 Å². The molecule has 0 aromatic carbocycles. The molecule has 0 saturated carbocycles. The molecule has 0 heterocycles. The Kier molecular flexibility index (Phi) is 7.02. The zero-order valence-corrected chi connectivity index (χ0v) is 8.47. The standard InChI is InChI=1S/C11H20N2/c1-4-5-6-10(2)9-13-8-7-11(3)12/h5-6,13H,2-4,7-9,12H2,1H3/b6-5-. The molecule has 0 aliphatic rings. The lowest BCUT2D eigenvalue weighted by Crippen LogP contribution is -2.19. The molecular formula is C11H20N2. The first-order valence-electron chi connectivity index (χ1n) is 4.65. The van der Waals surface area contributed by atoms with Crippen molar-refractivity contribution in [2.24, 2.45) is 5.73 Å². The Morgan fingerprint density at radius 3 is 2.69 bits per heavy atom. The van der Waals surface area contributed by atoms with Gasteiger partial charge < -0.3 is 11.1 Å². The van der Waals surface area contributed by atoms with Crippen molar-refractivity contribution in [2.75, 3.05) is 13.1 Å². The van der Waals surface area contributed by atoms with Crippen molar-refractivity contribution in [1.29, 1.82) is 0 Å². The molecule has 2 heteroatoms. The number of nitrogens with one attached hydrogen (secondary N) is 1. The maximum Gasteiger partial charge on any atom is 0.0199 e. The first kappa shape index (κ1) is 12.0. The third kappa shape index (κ3) is 8.89. The summed E-state index contributed by atoms with van der Waals surface area (Å²) in [5.41, 5.74) is 7.24.